The summed E-state index contributed by atoms with van der Waals surface area (Å²) in [5.41, 5.74) is 4.45. The van der Waals surface area contributed by atoms with Crippen LogP contribution in [0.4, 0.5) is 39.3 Å². The molecular weight excluding hydrogens is 455 g/mol. The summed E-state index contributed by atoms with van der Waals surface area (Å²) in [5.74, 6) is 0.787. The van der Waals surface area contributed by atoms with E-state index in [1.807, 2.05) is 0 Å². The molecule has 0 aliphatic heterocycles. The summed E-state index contributed by atoms with van der Waals surface area (Å²) >= 11 is 0. The Morgan fingerprint density at radius 2 is 1.51 bits per heavy atom. The van der Waals surface area contributed by atoms with E-state index in [0.717, 1.165) is 0 Å². The molecule has 176 valence electrons. The van der Waals surface area contributed by atoms with Crippen molar-refractivity contribution in [1.29, 1.82) is 0 Å². The number of nitrogens with one attached hydrogen (secondary N) is 3. The Hall–Kier alpha value is -5.13. The number of halogens is 1. The second kappa shape index (κ2) is 10.7. The fraction of sp³-hybridized carbons (Fsp3) is 0.0435. The summed E-state index contributed by atoms with van der Waals surface area (Å²) in [5, 5.41) is 21.0. The van der Waals surface area contributed by atoms with Crippen LogP contribution >= 0.6 is 0 Å². The van der Waals surface area contributed by atoms with Gasteiger partial charge in [-0.25, -0.2) is 9.82 Å². The predicted molar refractivity (Wildman–Crippen MR) is 130 cm³/mol. The normalized spacial score (nSPS) is 10.7. The Morgan fingerprint density at radius 1 is 0.914 bits per heavy atom. The highest BCUT2D eigenvalue weighted by Crippen LogP contribution is 2.22. The lowest BCUT2D eigenvalue weighted by Gasteiger charge is -2.10. The van der Waals surface area contributed by atoms with Crippen molar-refractivity contribution in [3.63, 3.8) is 0 Å². The monoisotopic (exact) mass is 474 g/mol. The summed E-state index contributed by atoms with van der Waals surface area (Å²) in [4.78, 5) is 23.3. The van der Waals surface area contributed by atoms with E-state index in [1.54, 1.807) is 43.5 Å². The van der Waals surface area contributed by atoms with E-state index in [2.05, 4.69) is 36.1 Å². The number of nitro benzene ring substituents is 1. The molecule has 35 heavy (non-hydrogen) atoms. The average molecular weight is 474 g/mol. The van der Waals surface area contributed by atoms with E-state index in [1.165, 1.54) is 42.6 Å². The number of hydrazone groups is 1. The predicted octanol–water partition coefficient (Wildman–Crippen LogP) is 4.86. The molecule has 3 N–H and O–H groups in total. The van der Waals surface area contributed by atoms with Crippen LogP contribution in [0.2, 0.25) is 0 Å². The van der Waals surface area contributed by atoms with Gasteiger partial charge in [0.15, 0.2) is 0 Å². The molecule has 0 bridgehead atoms. The molecule has 0 saturated carbocycles. The quantitative estimate of drug-likeness (QED) is 0.176. The van der Waals surface area contributed by atoms with Crippen LogP contribution in [0.5, 0.6) is 5.75 Å². The molecule has 1 heterocycles. The Morgan fingerprint density at radius 3 is 2.09 bits per heavy atom. The molecule has 0 spiro atoms. The first-order chi connectivity index (χ1) is 17.0. The highest BCUT2D eigenvalue weighted by Gasteiger charge is 2.09. The van der Waals surface area contributed by atoms with Crippen LogP contribution < -0.4 is 20.8 Å². The molecule has 4 rings (SSSR count). The number of ether oxygens (including phenoxy) is 1. The lowest BCUT2D eigenvalue weighted by molar-refractivity contribution is -0.384. The lowest BCUT2D eigenvalue weighted by Crippen LogP contribution is -2.07. The zero-order valence-electron chi connectivity index (χ0n) is 18.3. The molecule has 0 aliphatic rings. The van der Waals surface area contributed by atoms with Gasteiger partial charge >= 0.3 is 0 Å². The number of nitrogens with zero attached hydrogens (tertiary/aromatic N) is 5. The van der Waals surface area contributed by atoms with E-state index in [4.69, 9.17) is 4.74 Å². The van der Waals surface area contributed by atoms with Crippen molar-refractivity contribution in [3.8, 4) is 5.75 Å². The molecule has 0 radical (unpaired) electrons. The number of benzene rings is 3. The van der Waals surface area contributed by atoms with Crippen LogP contribution in [-0.2, 0) is 0 Å². The first-order valence-corrected chi connectivity index (χ1v) is 10.2. The number of hydrogen-bond donors (Lipinski definition) is 3. The van der Waals surface area contributed by atoms with Gasteiger partial charge < -0.3 is 15.4 Å². The van der Waals surface area contributed by atoms with Gasteiger partial charge in [-0.2, -0.15) is 20.1 Å². The summed E-state index contributed by atoms with van der Waals surface area (Å²) in [6.07, 6.45) is 1.42. The van der Waals surface area contributed by atoms with Gasteiger partial charge in [0.25, 0.3) is 5.69 Å². The van der Waals surface area contributed by atoms with Crippen LogP contribution in [0.1, 0.15) is 5.56 Å². The molecule has 4 aromatic rings. The van der Waals surface area contributed by atoms with E-state index in [9.17, 15) is 14.5 Å². The first kappa shape index (κ1) is 23.0. The van der Waals surface area contributed by atoms with Crippen LogP contribution in [-0.4, -0.2) is 33.2 Å². The molecule has 12 heteroatoms. The second-order valence-electron chi connectivity index (χ2n) is 7.01. The third-order valence-electron chi connectivity index (χ3n) is 4.54. The molecule has 11 nitrogen and oxygen atoms in total. The SMILES string of the molecule is COc1ccc(Nc2nc(N/N=C\c3cccc(F)c3)nc(Nc3ccc([N+](=O)[O-])cc3)n2)cc1. The minimum Gasteiger partial charge on any atom is -0.497 e. The second-order valence-corrected chi connectivity index (χ2v) is 7.01. The van der Waals surface area contributed by atoms with Crippen molar-refractivity contribution in [2.24, 2.45) is 5.10 Å². The molecule has 0 unspecified atom stereocenters. The fourth-order valence-corrected chi connectivity index (χ4v) is 2.89. The van der Waals surface area contributed by atoms with Gasteiger partial charge in [0.2, 0.25) is 17.8 Å². The number of rotatable bonds is 9. The third kappa shape index (κ3) is 6.44. The van der Waals surface area contributed by atoms with Gasteiger partial charge in [-0.3, -0.25) is 10.1 Å². The Bertz CT molecular complexity index is 1350. The number of nitro groups is 1. The van der Waals surface area contributed by atoms with Crippen molar-refractivity contribution in [2.45, 2.75) is 0 Å². The Balaban J connectivity index is 1.58. The van der Waals surface area contributed by atoms with Crippen molar-refractivity contribution < 1.29 is 14.1 Å². The first-order valence-electron chi connectivity index (χ1n) is 10.2. The fourth-order valence-electron chi connectivity index (χ4n) is 2.89. The topological polar surface area (TPSA) is 139 Å². The molecule has 0 aliphatic carbocycles. The van der Waals surface area contributed by atoms with Crippen LogP contribution in [0.25, 0.3) is 0 Å². The summed E-state index contributed by atoms with van der Waals surface area (Å²) in [7, 11) is 1.58. The van der Waals surface area contributed by atoms with E-state index in [-0.39, 0.29) is 29.3 Å². The molecule has 1 aromatic heterocycles. The highest BCUT2D eigenvalue weighted by atomic mass is 19.1. The maximum atomic E-state index is 13.4. The number of methoxy groups -OCH3 is 1. The van der Waals surface area contributed by atoms with Crippen molar-refractivity contribution >= 4 is 41.1 Å². The molecular formula is C23H19FN8O3. The van der Waals surface area contributed by atoms with Gasteiger partial charge in [0, 0.05) is 23.5 Å². The van der Waals surface area contributed by atoms with E-state index in [0.29, 0.717) is 22.7 Å². The van der Waals surface area contributed by atoms with E-state index >= 15 is 0 Å². The minimum atomic E-state index is -0.484. The summed E-state index contributed by atoms with van der Waals surface area (Å²) in [6.45, 7) is 0. The van der Waals surface area contributed by atoms with Gasteiger partial charge in [-0.15, -0.1) is 0 Å². The molecule has 0 atom stereocenters. The maximum Gasteiger partial charge on any atom is 0.269 e. The van der Waals surface area contributed by atoms with Crippen LogP contribution in [0.15, 0.2) is 77.9 Å². The maximum absolute atomic E-state index is 13.4. The lowest BCUT2D eigenvalue weighted by atomic mass is 10.2. The Kier molecular flexibility index (Phi) is 7.02. The zero-order chi connectivity index (χ0) is 24.6. The van der Waals surface area contributed by atoms with Gasteiger partial charge in [0.1, 0.15) is 11.6 Å². The van der Waals surface area contributed by atoms with Gasteiger partial charge in [-0.1, -0.05) is 12.1 Å². The van der Waals surface area contributed by atoms with Gasteiger partial charge in [-0.05, 0) is 54.1 Å². The summed E-state index contributed by atoms with van der Waals surface area (Å²) < 4.78 is 18.5. The molecule has 0 fully saturated rings. The molecule has 3 aromatic carbocycles. The molecule has 0 amide bonds. The summed E-state index contributed by atoms with van der Waals surface area (Å²) in [6, 6.07) is 18.9. The smallest absolute Gasteiger partial charge is 0.269 e. The number of anilines is 5. The van der Waals surface area contributed by atoms with Crippen LogP contribution in [0.3, 0.4) is 0 Å². The largest absolute Gasteiger partial charge is 0.497 e. The van der Waals surface area contributed by atoms with Crippen LogP contribution in [0, 0.1) is 15.9 Å². The van der Waals surface area contributed by atoms with Crippen molar-refractivity contribution in [1.82, 2.24) is 15.0 Å². The standard InChI is InChI=1S/C23H19FN8O3/c1-35-20-11-7-18(8-12-20)27-22-28-21(26-17-5-9-19(10-6-17)32(33)34)29-23(30-22)31-25-14-15-3-2-4-16(24)13-15/h2-14H,1H3,(H3,26,27,28,29,30,31)/b25-14-. The van der Waals surface area contributed by atoms with Crippen molar-refractivity contribution in [3.05, 3.63) is 94.3 Å². The molecule has 0 saturated heterocycles. The number of hydrogen-bond acceptors (Lipinski definition) is 10. The Labute approximate surface area is 198 Å². The number of non-ortho nitro benzene ring substituents is 1. The minimum absolute atomic E-state index is 0.0397. The van der Waals surface area contributed by atoms with Crippen molar-refractivity contribution in [2.75, 3.05) is 23.2 Å². The zero-order valence-corrected chi connectivity index (χ0v) is 18.3. The number of aromatic nitrogens is 3. The van der Waals surface area contributed by atoms with E-state index < -0.39 is 4.92 Å². The van der Waals surface area contributed by atoms with Gasteiger partial charge in [0.05, 0.1) is 18.2 Å². The third-order valence-corrected chi connectivity index (χ3v) is 4.54. The highest BCUT2D eigenvalue weighted by molar-refractivity contribution is 5.80. The average Bonchev–Trinajstić information content (AvgIpc) is 2.85.